The summed E-state index contributed by atoms with van der Waals surface area (Å²) < 4.78 is 0. The molecule has 1 aromatic carbocycles. The SMILES string of the molecule is Cc1cc(C2C(=N)NC(=O)N2C)cc(C)c1O. The summed E-state index contributed by atoms with van der Waals surface area (Å²) in [7, 11) is 1.65. The highest BCUT2D eigenvalue weighted by molar-refractivity contribution is 6.05. The lowest BCUT2D eigenvalue weighted by Crippen LogP contribution is -2.25. The van der Waals surface area contributed by atoms with Crippen molar-refractivity contribution in [3.8, 4) is 5.75 Å². The molecule has 5 nitrogen and oxygen atoms in total. The molecule has 90 valence electrons. The van der Waals surface area contributed by atoms with E-state index in [1.165, 1.54) is 4.90 Å². The first-order valence-corrected chi connectivity index (χ1v) is 5.34. The third kappa shape index (κ3) is 1.73. The molecule has 1 unspecified atom stereocenters. The van der Waals surface area contributed by atoms with Gasteiger partial charge in [0.25, 0.3) is 0 Å². The van der Waals surface area contributed by atoms with Crippen molar-refractivity contribution in [2.45, 2.75) is 19.9 Å². The number of phenols is 1. The summed E-state index contributed by atoms with van der Waals surface area (Å²) in [4.78, 5) is 12.9. The molecule has 1 aromatic rings. The predicted molar refractivity (Wildman–Crippen MR) is 64.3 cm³/mol. The van der Waals surface area contributed by atoms with E-state index >= 15 is 0 Å². The summed E-state index contributed by atoms with van der Waals surface area (Å²) in [6.07, 6.45) is 0. The number of carbonyl (C=O) groups is 1. The zero-order valence-electron chi connectivity index (χ0n) is 10.0. The van der Waals surface area contributed by atoms with Crippen molar-refractivity contribution in [2.24, 2.45) is 0 Å². The molecule has 0 saturated carbocycles. The standard InChI is InChI=1S/C12H15N3O2/c1-6-4-8(5-7(2)10(6)16)9-11(13)14-12(17)15(9)3/h4-5,9,16H,1-3H3,(H2,13,14,17). The number of benzene rings is 1. The van der Waals surface area contributed by atoms with Gasteiger partial charge in [0, 0.05) is 7.05 Å². The van der Waals surface area contributed by atoms with Crippen LogP contribution in [-0.2, 0) is 0 Å². The minimum atomic E-state index is -0.388. The number of urea groups is 1. The number of nitrogens with zero attached hydrogens (tertiary/aromatic N) is 1. The highest BCUT2D eigenvalue weighted by Crippen LogP contribution is 2.30. The predicted octanol–water partition coefficient (Wildman–Crippen LogP) is 1.68. The van der Waals surface area contributed by atoms with Gasteiger partial charge < -0.3 is 10.0 Å². The molecule has 5 heteroatoms. The minimum Gasteiger partial charge on any atom is -0.507 e. The van der Waals surface area contributed by atoms with Crippen LogP contribution < -0.4 is 5.32 Å². The molecule has 0 spiro atoms. The fourth-order valence-corrected chi connectivity index (χ4v) is 2.12. The second-order valence-corrected chi connectivity index (χ2v) is 4.36. The van der Waals surface area contributed by atoms with Gasteiger partial charge in [-0.15, -0.1) is 0 Å². The Bertz CT molecular complexity index is 487. The zero-order valence-corrected chi connectivity index (χ0v) is 10.0. The Morgan fingerprint density at radius 3 is 2.29 bits per heavy atom. The van der Waals surface area contributed by atoms with Crippen LogP contribution in [0.1, 0.15) is 22.7 Å². The van der Waals surface area contributed by atoms with Crippen molar-refractivity contribution in [3.63, 3.8) is 0 Å². The number of phenolic OH excluding ortho intramolecular Hbond substituents is 1. The zero-order chi connectivity index (χ0) is 12.7. The molecular weight excluding hydrogens is 218 g/mol. The molecule has 1 aliphatic heterocycles. The van der Waals surface area contributed by atoms with Gasteiger partial charge in [-0.05, 0) is 42.7 Å². The van der Waals surface area contributed by atoms with E-state index in [1.54, 1.807) is 33.0 Å². The smallest absolute Gasteiger partial charge is 0.323 e. The maximum absolute atomic E-state index is 11.4. The molecule has 1 heterocycles. The number of nitrogens with one attached hydrogen (secondary N) is 2. The molecule has 1 fully saturated rings. The summed E-state index contributed by atoms with van der Waals surface area (Å²) in [6.45, 7) is 3.61. The summed E-state index contributed by atoms with van der Waals surface area (Å²) in [6, 6.07) is 2.94. The van der Waals surface area contributed by atoms with Crippen molar-refractivity contribution in [1.82, 2.24) is 10.2 Å². The molecule has 0 radical (unpaired) electrons. The van der Waals surface area contributed by atoms with Gasteiger partial charge in [0.2, 0.25) is 0 Å². The first kappa shape index (κ1) is 11.4. The summed E-state index contributed by atoms with van der Waals surface area (Å²) in [5, 5.41) is 19.9. The normalized spacial score (nSPS) is 19.7. The van der Waals surface area contributed by atoms with E-state index in [0.717, 1.165) is 16.7 Å². The molecule has 0 aliphatic carbocycles. The van der Waals surface area contributed by atoms with Crippen LogP contribution in [0.4, 0.5) is 4.79 Å². The fourth-order valence-electron chi connectivity index (χ4n) is 2.12. The molecule has 1 saturated heterocycles. The van der Waals surface area contributed by atoms with Crippen LogP contribution in [0.3, 0.4) is 0 Å². The van der Waals surface area contributed by atoms with Gasteiger partial charge in [0.15, 0.2) is 0 Å². The molecule has 17 heavy (non-hydrogen) atoms. The number of amides is 2. The molecule has 1 atom stereocenters. The number of carbonyl (C=O) groups excluding carboxylic acids is 1. The topological polar surface area (TPSA) is 76.4 Å². The van der Waals surface area contributed by atoms with E-state index in [9.17, 15) is 9.90 Å². The number of aromatic hydroxyl groups is 1. The molecule has 0 bridgehead atoms. The van der Waals surface area contributed by atoms with Crippen LogP contribution in [0.15, 0.2) is 12.1 Å². The van der Waals surface area contributed by atoms with E-state index < -0.39 is 0 Å². The van der Waals surface area contributed by atoms with E-state index in [-0.39, 0.29) is 23.7 Å². The van der Waals surface area contributed by atoms with Gasteiger partial charge in [-0.25, -0.2) is 4.79 Å². The Hall–Kier alpha value is -2.04. The maximum atomic E-state index is 11.4. The van der Waals surface area contributed by atoms with Crippen LogP contribution >= 0.6 is 0 Å². The highest BCUT2D eigenvalue weighted by atomic mass is 16.3. The second-order valence-electron chi connectivity index (χ2n) is 4.36. The van der Waals surface area contributed by atoms with Crippen molar-refractivity contribution < 1.29 is 9.90 Å². The lowest BCUT2D eigenvalue weighted by Gasteiger charge is -2.19. The van der Waals surface area contributed by atoms with Crippen LogP contribution in [0, 0.1) is 19.3 Å². The maximum Gasteiger partial charge on any atom is 0.323 e. The highest BCUT2D eigenvalue weighted by Gasteiger charge is 2.34. The number of aryl methyl sites for hydroxylation is 2. The lowest BCUT2D eigenvalue weighted by molar-refractivity contribution is 0.217. The van der Waals surface area contributed by atoms with Crippen LogP contribution in [0.2, 0.25) is 0 Å². The van der Waals surface area contributed by atoms with Crippen LogP contribution in [0.5, 0.6) is 5.75 Å². The van der Waals surface area contributed by atoms with E-state index in [0.29, 0.717) is 0 Å². The Balaban J connectivity index is 2.48. The molecular formula is C12H15N3O2. The first-order chi connectivity index (χ1) is 7.91. The average molecular weight is 233 g/mol. The van der Waals surface area contributed by atoms with Crippen molar-refractivity contribution in [1.29, 1.82) is 5.41 Å². The molecule has 2 rings (SSSR count). The Labute approximate surface area is 99.6 Å². The van der Waals surface area contributed by atoms with E-state index in [2.05, 4.69) is 5.32 Å². The monoisotopic (exact) mass is 233 g/mol. The number of hydrogen-bond donors (Lipinski definition) is 3. The first-order valence-electron chi connectivity index (χ1n) is 5.34. The number of likely N-dealkylation sites (N-methyl/N-ethyl adjacent to an activating group) is 1. The summed E-state index contributed by atoms with van der Waals surface area (Å²) >= 11 is 0. The van der Waals surface area contributed by atoms with Crippen molar-refractivity contribution in [3.05, 3.63) is 28.8 Å². The third-order valence-corrected chi connectivity index (χ3v) is 3.05. The third-order valence-electron chi connectivity index (χ3n) is 3.05. The quantitative estimate of drug-likeness (QED) is 0.690. The van der Waals surface area contributed by atoms with Gasteiger partial charge in [-0.3, -0.25) is 10.7 Å². The van der Waals surface area contributed by atoms with Gasteiger partial charge >= 0.3 is 6.03 Å². The summed E-state index contributed by atoms with van der Waals surface area (Å²) in [5.74, 6) is 0.433. The van der Waals surface area contributed by atoms with E-state index in [4.69, 9.17) is 5.41 Å². The van der Waals surface area contributed by atoms with Gasteiger partial charge in [0.05, 0.1) is 0 Å². The van der Waals surface area contributed by atoms with Gasteiger partial charge in [-0.1, -0.05) is 0 Å². The molecule has 0 aromatic heterocycles. The fraction of sp³-hybridized carbons (Fsp3) is 0.333. The van der Waals surface area contributed by atoms with Crippen molar-refractivity contribution >= 4 is 11.9 Å². The largest absolute Gasteiger partial charge is 0.507 e. The average Bonchev–Trinajstić information content (AvgIpc) is 2.49. The molecule has 3 N–H and O–H groups in total. The minimum absolute atomic E-state index is 0.169. The molecule has 2 amide bonds. The second kappa shape index (κ2) is 3.76. The summed E-state index contributed by atoms with van der Waals surface area (Å²) in [5.41, 5.74) is 2.34. The van der Waals surface area contributed by atoms with Gasteiger partial charge in [-0.2, -0.15) is 0 Å². The van der Waals surface area contributed by atoms with Gasteiger partial charge in [0.1, 0.15) is 17.6 Å². The van der Waals surface area contributed by atoms with Crippen LogP contribution in [-0.4, -0.2) is 28.9 Å². The number of rotatable bonds is 1. The Kier molecular flexibility index (Phi) is 2.53. The Morgan fingerprint density at radius 2 is 1.88 bits per heavy atom. The van der Waals surface area contributed by atoms with E-state index in [1.807, 2.05) is 0 Å². The lowest BCUT2D eigenvalue weighted by atomic mass is 9.99. The van der Waals surface area contributed by atoms with Crippen LogP contribution in [0.25, 0.3) is 0 Å². The molecule has 1 aliphatic rings. The Morgan fingerprint density at radius 1 is 1.35 bits per heavy atom. The number of hydrogen-bond acceptors (Lipinski definition) is 3. The van der Waals surface area contributed by atoms with Crippen molar-refractivity contribution in [2.75, 3.05) is 7.05 Å². The number of amidine groups is 1.